The maximum atomic E-state index is 10.6. The zero-order chi connectivity index (χ0) is 7.84. The number of hydrogen-bond donors (Lipinski definition) is 2. The maximum Gasteiger partial charge on any atom is 0.333 e. The van der Waals surface area contributed by atoms with E-state index in [1.807, 2.05) is 0 Å². The van der Waals surface area contributed by atoms with Gasteiger partial charge in [-0.2, -0.15) is 0 Å². The second-order valence-corrected chi connectivity index (χ2v) is 3.17. The number of piperidine rings is 1. The van der Waals surface area contributed by atoms with Crippen LogP contribution in [0.2, 0.25) is 0 Å². The number of aliphatic carboxylic acids is 1. The van der Waals surface area contributed by atoms with E-state index in [4.69, 9.17) is 9.84 Å². The van der Waals surface area contributed by atoms with Crippen LogP contribution in [0.3, 0.4) is 0 Å². The lowest BCUT2D eigenvalue weighted by molar-refractivity contribution is -0.150. The van der Waals surface area contributed by atoms with Crippen molar-refractivity contribution in [2.75, 3.05) is 13.1 Å². The Morgan fingerprint density at radius 2 is 2.36 bits per heavy atom. The predicted octanol–water partition coefficient (Wildman–Crippen LogP) is -0.552. The molecule has 4 nitrogen and oxygen atoms in total. The molecular formula is C7H11NO3. The molecule has 0 aromatic carbocycles. The van der Waals surface area contributed by atoms with Crippen LogP contribution in [-0.4, -0.2) is 36.4 Å². The zero-order valence-corrected chi connectivity index (χ0v) is 6.12. The molecule has 0 unspecified atom stereocenters. The van der Waals surface area contributed by atoms with Crippen molar-refractivity contribution < 1.29 is 14.6 Å². The molecule has 2 heterocycles. The highest BCUT2D eigenvalue weighted by Crippen LogP contribution is 2.28. The average molecular weight is 157 g/mol. The number of rotatable bonds is 1. The summed E-state index contributed by atoms with van der Waals surface area (Å²) < 4.78 is 5.28. The Bertz CT molecular complexity index is 183. The summed E-state index contributed by atoms with van der Waals surface area (Å²) in [7, 11) is 0. The number of carboxylic acid groups (broad SMARTS) is 1. The van der Waals surface area contributed by atoms with Crippen molar-refractivity contribution in [3.8, 4) is 0 Å². The first-order valence-electron chi connectivity index (χ1n) is 3.86. The van der Waals surface area contributed by atoms with Crippen LogP contribution in [0, 0.1) is 5.92 Å². The summed E-state index contributed by atoms with van der Waals surface area (Å²) in [5.41, 5.74) is 0. The molecule has 2 N–H and O–H groups in total. The minimum atomic E-state index is -0.818. The van der Waals surface area contributed by atoms with Gasteiger partial charge < -0.3 is 15.2 Å². The van der Waals surface area contributed by atoms with E-state index in [9.17, 15) is 4.79 Å². The van der Waals surface area contributed by atoms with Gasteiger partial charge in [-0.25, -0.2) is 4.79 Å². The Morgan fingerprint density at radius 1 is 1.55 bits per heavy atom. The number of carbonyl (C=O) groups is 1. The lowest BCUT2D eigenvalue weighted by Gasteiger charge is -2.17. The van der Waals surface area contributed by atoms with Gasteiger partial charge in [-0.15, -0.1) is 0 Å². The second-order valence-electron chi connectivity index (χ2n) is 3.17. The molecule has 0 amide bonds. The third-order valence-electron chi connectivity index (χ3n) is 2.35. The summed E-state index contributed by atoms with van der Waals surface area (Å²) in [6, 6.07) is 0. The van der Waals surface area contributed by atoms with Gasteiger partial charge in [0.05, 0.1) is 6.10 Å². The van der Waals surface area contributed by atoms with Gasteiger partial charge in [-0.05, 0) is 6.42 Å². The lowest BCUT2D eigenvalue weighted by atomic mass is 9.96. The van der Waals surface area contributed by atoms with Crippen molar-refractivity contribution in [1.82, 2.24) is 5.32 Å². The molecular weight excluding hydrogens is 146 g/mol. The SMILES string of the molecule is O=C(O)[C@@H]1O[C@@H]2CNC[C@H]1C2. The summed E-state index contributed by atoms with van der Waals surface area (Å²) in [5.74, 6) is -0.632. The highest BCUT2D eigenvalue weighted by atomic mass is 16.5. The second kappa shape index (κ2) is 2.46. The molecule has 0 aromatic rings. The number of fused-ring (bicyclic) bond motifs is 2. The third-order valence-corrected chi connectivity index (χ3v) is 2.35. The monoisotopic (exact) mass is 157 g/mol. The number of carboxylic acids is 1. The van der Waals surface area contributed by atoms with Crippen LogP contribution in [0.1, 0.15) is 6.42 Å². The van der Waals surface area contributed by atoms with Crippen LogP contribution < -0.4 is 5.32 Å². The summed E-state index contributed by atoms with van der Waals surface area (Å²) in [6.07, 6.45) is 0.481. The highest BCUT2D eigenvalue weighted by molar-refractivity contribution is 5.73. The fourth-order valence-electron chi connectivity index (χ4n) is 1.85. The molecule has 0 aliphatic carbocycles. The summed E-state index contributed by atoms with van der Waals surface area (Å²) in [4.78, 5) is 10.6. The molecule has 2 aliphatic heterocycles. The van der Waals surface area contributed by atoms with E-state index in [1.165, 1.54) is 0 Å². The van der Waals surface area contributed by atoms with Crippen LogP contribution >= 0.6 is 0 Å². The van der Waals surface area contributed by atoms with Crippen molar-refractivity contribution in [2.45, 2.75) is 18.6 Å². The first kappa shape index (κ1) is 7.06. The van der Waals surface area contributed by atoms with Crippen molar-refractivity contribution in [2.24, 2.45) is 5.92 Å². The van der Waals surface area contributed by atoms with Gasteiger partial charge in [0.25, 0.3) is 0 Å². The molecule has 2 bridgehead atoms. The first-order chi connectivity index (χ1) is 5.27. The number of ether oxygens (including phenoxy) is 1. The molecule has 0 saturated carbocycles. The van der Waals surface area contributed by atoms with Crippen LogP contribution in [0.4, 0.5) is 0 Å². The fraction of sp³-hybridized carbons (Fsp3) is 0.857. The Hall–Kier alpha value is -0.610. The van der Waals surface area contributed by atoms with Gasteiger partial charge in [0.1, 0.15) is 0 Å². The van der Waals surface area contributed by atoms with Gasteiger partial charge in [-0.3, -0.25) is 0 Å². The van der Waals surface area contributed by atoms with Gasteiger partial charge in [-0.1, -0.05) is 0 Å². The normalized spacial score (nSPS) is 42.4. The molecule has 11 heavy (non-hydrogen) atoms. The quantitative estimate of drug-likeness (QED) is 0.536. The number of nitrogens with one attached hydrogen (secondary N) is 1. The Morgan fingerprint density at radius 3 is 3.00 bits per heavy atom. The molecule has 4 heteroatoms. The van der Waals surface area contributed by atoms with Crippen molar-refractivity contribution in [3.63, 3.8) is 0 Å². The summed E-state index contributed by atoms with van der Waals surface area (Å²) in [5, 5.41) is 11.9. The van der Waals surface area contributed by atoms with Gasteiger partial charge in [0, 0.05) is 19.0 Å². The zero-order valence-electron chi connectivity index (χ0n) is 6.12. The van der Waals surface area contributed by atoms with Crippen LogP contribution in [0.15, 0.2) is 0 Å². The smallest absolute Gasteiger partial charge is 0.333 e. The van der Waals surface area contributed by atoms with Crippen molar-refractivity contribution >= 4 is 5.97 Å². The van der Waals surface area contributed by atoms with Gasteiger partial charge >= 0.3 is 5.97 Å². The maximum absolute atomic E-state index is 10.6. The Balaban J connectivity index is 2.08. The summed E-state index contributed by atoms with van der Waals surface area (Å²) >= 11 is 0. The predicted molar refractivity (Wildman–Crippen MR) is 37.3 cm³/mol. The van der Waals surface area contributed by atoms with Gasteiger partial charge in [0.2, 0.25) is 0 Å². The largest absolute Gasteiger partial charge is 0.479 e. The average Bonchev–Trinajstić information content (AvgIpc) is 2.27. The molecule has 0 aromatic heterocycles. The molecule has 0 spiro atoms. The number of hydrogen-bond acceptors (Lipinski definition) is 3. The van der Waals surface area contributed by atoms with E-state index < -0.39 is 12.1 Å². The topological polar surface area (TPSA) is 58.6 Å². The fourth-order valence-corrected chi connectivity index (χ4v) is 1.85. The van der Waals surface area contributed by atoms with E-state index in [-0.39, 0.29) is 12.0 Å². The molecule has 3 atom stereocenters. The van der Waals surface area contributed by atoms with Gasteiger partial charge in [0.15, 0.2) is 6.10 Å². The van der Waals surface area contributed by atoms with Crippen molar-refractivity contribution in [3.05, 3.63) is 0 Å². The standard InChI is InChI=1S/C7H11NO3/c9-7(10)6-4-1-5(11-6)3-8-2-4/h4-6,8H,1-3H2,(H,9,10)/t4-,5+,6-/m1/s1. The van der Waals surface area contributed by atoms with Crippen LogP contribution in [0.25, 0.3) is 0 Å². The lowest BCUT2D eigenvalue weighted by Crippen LogP contribution is -2.36. The van der Waals surface area contributed by atoms with E-state index in [0.717, 1.165) is 19.5 Å². The molecule has 2 saturated heterocycles. The highest BCUT2D eigenvalue weighted by Gasteiger charge is 2.41. The Kier molecular flexibility index (Phi) is 1.58. The molecule has 2 rings (SSSR count). The molecule has 0 radical (unpaired) electrons. The van der Waals surface area contributed by atoms with Crippen LogP contribution in [0.5, 0.6) is 0 Å². The Labute approximate surface area is 64.5 Å². The molecule has 2 fully saturated rings. The van der Waals surface area contributed by atoms with E-state index in [0.29, 0.717) is 0 Å². The summed E-state index contributed by atoms with van der Waals surface area (Å²) in [6.45, 7) is 1.59. The third kappa shape index (κ3) is 1.12. The molecule has 2 aliphatic rings. The van der Waals surface area contributed by atoms with E-state index >= 15 is 0 Å². The van der Waals surface area contributed by atoms with Crippen LogP contribution in [-0.2, 0) is 9.53 Å². The first-order valence-corrected chi connectivity index (χ1v) is 3.86. The van der Waals surface area contributed by atoms with E-state index in [1.54, 1.807) is 0 Å². The minimum absolute atomic E-state index is 0.134. The van der Waals surface area contributed by atoms with Crippen molar-refractivity contribution in [1.29, 1.82) is 0 Å². The molecule has 62 valence electrons. The minimum Gasteiger partial charge on any atom is -0.479 e. The van der Waals surface area contributed by atoms with E-state index in [2.05, 4.69) is 5.32 Å².